The van der Waals surface area contributed by atoms with E-state index in [0.29, 0.717) is 11.7 Å². The van der Waals surface area contributed by atoms with Crippen LogP contribution in [0.2, 0.25) is 0 Å². The van der Waals surface area contributed by atoms with E-state index < -0.39 is 0 Å². The second-order valence-corrected chi connectivity index (χ2v) is 6.54. The number of phenolic OH excluding ortho intramolecular Hbond substituents is 1. The number of hydrogen-bond donors (Lipinski definition) is 2. The van der Waals surface area contributed by atoms with Crippen LogP contribution in [0, 0.1) is 12.8 Å². The average Bonchev–Trinajstić information content (AvgIpc) is 3.34. The van der Waals surface area contributed by atoms with Crippen molar-refractivity contribution in [2.45, 2.75) is 32.1 Å². The molecule has 0 radical (unpaired) electrons. The molecule has 0 saturated heterocycles. The molecule has 0 spiro atoms. The summed E-state index contributed by atoms with van der Waals surface area (Å²) in [4.78, 5) is 0. The summed E-state index contributed by atoms with van der Waals surface area (Å²) in [5.74, 6) is 0.882. The molecule has 1 aliphatic carbocycles. The molecule has 0 heterocycles. The summed E-state index contributed by atoms with van der Waals surface area (Å²) in [6, 6.07) is 13.6. The van der Waals surface area contributed by atoms with Crippen molar-refractivity contribution in [3.63, 3.8) is 0 Å². The Morgan fingerprint density at radius 3 is 2.41 bits per heavy atom. The fourth-order valence-corrected chi connectivity index (χ4v) is 3.35. The highest BCUT2D eigenvalue weighted by molar-refractivity contribution is 5.82. The molecule has 3 N–H and O–H groups in total. The van der Waals surface area contributed by atoms with Gasteiger partial charge in [0, 0.05) is 16.7 Å². The summed E-state index contributed by atoms with van der Waals surface area (Å²) in [5, 5.41) is 9.57. The maximum Gasteiger partial charge on any atom is 0.115 e. The van der Waals surface area contributed by atoms with Crippen LogP contribution in [0.15, 0.2) is 49.0 Å². The van der Waals surface area contributed by atoms with E-state index in [9.17, 15) is 5.11 Å². The van der Waals surface area contributed by atoms with Crippen molar-refractivity contribution in [1.29, 1.82) is 0 Å². The molecule has 1 atom stereocenters. The van der Waals surface area contributed by atoms with Gasteiger partial charge in [-0.3, -0.25) is 0 Å². The van der Waals surface area contributed by atoms with Crippen LogP contribution in [0.1, 0.15) is 36.5 Å². The lowest BCUT2D eigenvalue weighted by Crippen LogP contribution is -2.26. The Balaban J connectivity index is 2.09. The molecule has 1 fully saturated rings. The average molecular weight is 293 g/mol. The van der Waals surface area contributed by atoms with E-state index in [1.807, 2.05) is 31.2 Å². The number of nitrogen functional groups attached to an aromatic ring is 1. The Hall–Kier alpha value is -2.22. The predicted molar refractivity (Wildman–Crippen MR) is 92.8 cm³/mol. The number of rotatable bonds is 4. The van der Waals surface area contributed by atoms with Crippen LogP contribution in [0.5, 0.6) is 5.75 Å². The third kappa shape index (κ3) is 2.29. The van der Waals surface area contributed by atoms with Gasteiger partial charge in [0.15, 0.2) is 0 Å². The summed E-state index contributed by atoms with van der Waals surface area (Å²) < 4.78 is 0. The van der Waals surface area contributed by atoms with Gasteiger partial charge in [-0.2, -0.15) is 0 Å². The van der Waals surface area contributed by atoms with Crippen molar-refractivity contribution in [2.24, 2.45) is 5.92 Å². The standard InChI is InChI=1S/C20H23NO/c1-13-5-4-6-18(19(13)21)14(2)20(3,15-7-8-15)16-9-11-17(22)12-10-16/h4-6,9-12,15,22H,2,7-8,21H2,1,3H3. The Morgan fingerprint density at radius 1 is 1.18 bits per heavy atom. The van der Waals surface area contributed by atoms with Crippen molar-refractivity contribution in [1.82, 2.24) is 0 Å². The second kappa shape index (κ2) is 5.20. The van der Waals surface area contributed by atoms with Crippen LogP contribution >= 0.6 is 0 Å². The van der Waals surface area contributed by atoms with Gasteiger partial charge in [-0.25, -0.2) is 0 Å². The summed E-state index contributed by atoms with van der Waals surface area (Å²) in [7, 11) is 0. The third-order valence-electron chi connectivity index (χ3n) is 5.14. The highest BCUT2D eigenvalue weighted by Crippen LogP contribution is 2.54. The first-order valence-electron chi connectivity index (χ1n) is 7.79. The zero-order valence-electron chi connectivity index (χ0n) is 13.3. The topological polar surface area (TPSA) is 46.2 Å². The minimum atomic E-state index is -0.143. The van der Waals surface area contributed by atoms with Gasteiger partial charge in [0.05, 0.1) is 0 Å². The number of anilines is 1. The maximum absolute atomic E-state index is 9.57. The van der Waals surface area contributed by atoms with E-state index in [1.54, 1.807) is 12.1 Å². The van der Waals surface area contributed by atoms with E-state index >= 15 is 0 Å². The highest BCUT2D eigenvalue weighted by atomic mass is 16.3. The number of nitrogens with two attached hydrogens (primary N) is 1. The molecule has 3 rings (SSSR count). The van der Waals surface area contributed by atoms with Gasteiger partial charge in [-0.15, -0.1) is 0 Å². The summed E-state index contributed by atoms with van der Waals surface area (Å²) in [6.45, 7) is 8.70. The van der Waals surface area contributed by atoms with Crippen LogP contribution in [0.25, 0.3) is 5.57 Å². The predicted octanol–water partition coefficient (Wildman–Crippen LogP) is 4.66. The number of aromatic hydroxyl groups is 1. The van der Waals surface area contributed by atoms with Crippen LogP contribution in [0.3, 0.4) is 0 Å². The number of para-hydroxylation sites is 1. The van der Waals surface area contributed by atoms with Gasteiger partial charge in [0.2, 0.25) is 0 Å². The van der Waals surface area contributed by atoms with Crippen LogP contribution in [-0.4, -0.2) is 5.11 Å². The number of aryl methyl sites for hydroxylation is 1. The molecular weight excluding hydrogens is 270 g/mol. The fraction of sp³-hybridized carbons (Fsp3) is 0.300. The Kier molecular flexibility index (Phi) is 3.48. The smallest absolute Gasteiger partial charge is 0.115 e. The van der Waals surface area contributed by atoms with Crippen LogP contribution in [0.4, 0.5) is 5.69 Å². The molecule has 2 aromatic rings. The first-order valence-corrected chi connectivity index (χ1v) is 7.79. The molecule has 2 heteroatoms. The Morgan fingerprint density at radius 2 is 1.82 bits per heavy atom. The van der Waals surface area contributed by atoms with Gasteiger partial charge in [-0.05, 0) is 54.5 Å². The lowest BCUT2D eigenvalue weighted by atomic mass is 9.70. The number of phenols is 1. The molecule has 2 nitrogen and oxygen atoms in total. The minimum absolute atomic E-state index is 0.143. The fourth-order valence-electron chi connectivity index (χ4n) is 3.35. The third-order valence-corrected chi connectivity index (χ3v) is 5.14. The van der Waals surface area contributed by atoms with Gasteiger partial charge in [0.25, 0.3) is 0 Å². The molecule has 2 aromatic carbocycles. The highest BCUT2D eigenvalue weighted by Gasteiger charge is 2.45. The van der Waals surface area contributed by atoms with E-state index in [-0.39, 0.29) is 5.41 Å². The van der Waals surface area contributed by atoms with Crippen molar-refractivity contribution in [3.8, 4) is 5.75 Å². The van der Waals surface area contributed by atoms with Crippen LogP contribution < -0.4 is 5.73 Å². The number of benzene rings is 2. The first kappa shape index (κ1) is 14.7. The minimum Gasteiger partial charge on any atom is -0.508 e. The monoisotopic (exact) mass is 293 g/mol. The van der Waals surface area contributed by atoms with Gasteiger partial charge in [0.1, 0.15) is 5.75 Å². The number of allylic oxidation sites excluding steroid dienone is 1. The van der Waals surface area contributed by atoms with Gasteiger partial charge >= 0.3 is 0 Å². The zero-order chi connectivity index (χ0) is 15.9. The zero-order valence-corrected chi connectivity index (χ0v) is 13.3. The molecule has 1 saturated carbocycles. The van der Waals surface area contributed by atoms with Gasteiger partial charge in [-0.1, -0.05) is 43.8 Å². The van der Waals surface area contributed by atoms with Crippen molar-refractivity contribution in [3.05, 3.63) is 65.7 Å². The Bertz CT molecular complexity index is 713. The molecule has 0 amide bonds. The molecule has 0 bridgehead atoms. The molecule has 0 aromatic heterocycles. The van der Waals surface area contributed by atoms with E-state index in [2.05, 4.69) is 19.6 Å². The molecule has 0 aliphatic heterocycles. The van der Waals surface area contributed by atoms with E-state index in [1.165, 1.54) is 18.4 Å². The molecule has 22 heavy (non-hydrogen) atoms. The quantitative estimate of drug-likeness (QED) is 0.805. The summed E-state index contributed by atoms with van der Waals surface area (Å²) in [5.41, 5.74) is 11.4. The lowest BCUT2D eigenvalue weighted by molar-refractivity contribution is 0.473. The molecular formula is C20H23NO. The first-order chi connectivity index (χ1) is 10.4. The maximum atomic E-state index is 9.57. The molecule has 1 unspecified atom stereocenters. The largest absolute Gasteiger partial charge is 0.508 e. The summed E-state index contributed by atoms with van der Waals surface area (Å²) >= 11 is 0. The van der Waals surface area contributed by atoms with Crippen molar-refractivity contribution >= 4 is 11.3 Å². The normalized spacial score (nSPS) is 17.0. The molecule has 1 aliphatic rings. The second-order valence-electron chi connectivity index (χ2n) is 6.54. The van der Waals surface area contributed by atoms with E-state index in [4.69, 9.17) is 5.73 Å². The SMILES string of the molecule is C=C(c1cccc(C)c1N)C(C)(c1ccc(O)cc1)C1CC1. The van der Waals surface area contributed by atoms with Gasteiger partial charge < -0.3 is 10.8 Å². The van der Waals surface area contributed by atoms with Crippen molar-refractivity contribution < 1.29 is 5.11 Å². The van der Waals surface area contributed by atoms with E-state index in [0.717, 1.165) is 22.4 Å². The van der Waals surface area contributed by atoms with Crippen LogP contribution in [-0.2, 0) is 5.41 Å². The molecule has 114 valence electrons. The summed E-state index contributed by atoms with van der Waals surface area (Å²) in [6.07, 6.45) is 2.42. The van der Waals surface area contributed by atoms with Crippen molar-refractivity contribution in [2.75, 3.05) is 5.73 Å². The number of hydrogen-bond acceptors (Lipinski definition) is 2. The lowest BCUT2D eigenvalue weighted by Gasteiger charge is -2.34. The Labute approximate surface area is 132 Å².